The van der Waals surface area contributed by atoms with Gasteiger partial charge in [0.15, 0.2) is 0 Å². The maximum atomic E-state index is 13.7. The van der Waals surface area contributed by atoms with Crippen molar-refractivity contribution in [3.63, 3.8) is 0 Å². The summed E-state index contributed by atoms with van der Waals surface area (Å²) in [4.78, 5) is 2.32. The van der Waals surface area contributed by atoms with Gasteiger partial charge in [-0.1, -0.05) is 17.7 Å². The lowest BCUT2D eigenvalue weighted by molar-refractivity contribution is 0.301. The lowest BCUT2D eigenvalue weighted by Crippen LogP contribution is -2.25. The second-order valence-corrected chi connectivity index (χ2v) is 5.48. The first-order valence-electron chi connectivity index (χ1n) is 6.10. The Labute approximate surface area is 106 Å². The van der Waals surface area contributed by atoms with E-state index in [0.717, 1.165) is 38.0 Å². The molecule has 0 saturated carbocycles. The number of hydrogen-bond donors (Lipinski definition) is 1. The number of fused-ring (bicyclic) bond motifs is 1. The molecule has 0 aromatic heterocycles. The number of halogens is 2. The molecule has 0 spiro atoms. The minimum absolute atomic E-state index is 0.187. The van der Waals surface area contributed by atoms with Crippen LogP contribution in [0.25, 0.3) is 0 Å². The molecule has 0 radical (unpaired) electrons. The van der Waals surface area contributed by atoms with E-state index in [0.29, 0.717) is 17.1 Å². The van der Waals surface area contributed by atoms with Gasteiger partial charge in [-0.2, -0.15) is 0 Å². The quantitative estimate of drug-likeness (QED) is 0.870. The summed E-state index contributed by atoms with van der Waals surface area (Å²) in [5.74, 6) is 1.29. The van der Waals surface area contributed by atoms with Crippen molar-refractivity contribution in [3.8, 4) is 0 Å². The number of benzene rings is 1. The summed E-state index contributed by atoms with van der Waals surface area (Å²) < 4.78 is 13.7. The van der Waals surface area contributed by atoms with Crippen molar-refractivity contribution < 1.29 is 4.39 Å². The number of nitrogens with one attached hydrogen (secondary N) is 1. The largest absolute Gasteiger partial charge is 0.316 e. The first kappa shape index (κ1) is 11.5. The Morgan fingerprint density at radius 1 is 1.29 bits per heavy atom. The Balaban J connectivity index is 1.72. The average molecular weight is 255 g/mol. The Kier molecular flexibility index (Phi) is 3.07. The van der Waals surface area contributed by atoms with Gasteiger partial charge >= 0.3 is 0 Å². The van der Waals surface area contributed by atoms with Gasteiger partial charge in [-0.05, 0) is 37.1 Å². The van der Waals surface area contributed by atoms with E-state index in [4.69, 9.17) is 11.6 Å². The van der Waals surface area contributed by atoms with E-state index >= 15 is 0 Å². The van der Waals surface area contributed by atoms with Crippen LogP contribution in [0.15, 0.2) is 18.2 Å². The summed E-state index contributed by atoms with van der Waals surface area (Å²) in [6.07, 6.45) is 0. The van der Waals surface area contributed by atoms with Crippen LogP contribution in [0, 0.1) is 17.7 Å². The van der Waals surface area contributed by atoms with E-state index < -0.39 is 0 Å². The summed E-state index contributed by atoms with van der Waals surface area (Å²) in [5, 5.41) is 3.95. The summed E-state index contributed by atoms with van der Waals surface area (Å²) in [6, 6.07) is 4.90. The van der Waals surface area contributed by atoms with Crippen molar-refractivity contribution in [2.45, 2.75) is 6.54 Å². The molecule has 1 aromatic carbocycles. The normalized spacial score (nSPS) is 28.6. The summed E-state index contributed by atoms with van der Waals surface area (Å²) in [5.41, 5.74) is 0.641. The van der Waals surface area contributed by atoms with E-state index in [-0.39, 0.29) is 5.82 Å². The van der Waals surface area contributed by atoms with Crippen molar-refractivity contribution in [2.75, 3.05) is 26.2 Å². The molecule has 0 bridgehead atoms. The van der Waals surface area contributed by atoms with Crippen molar-refractivity contribution in [1.29, 1.82) is 0 Å². The zero-order chi connectivity index (χ0) is 11.8. The first-order chi connectivity index (χ1) is 8.24. The highest BCUT2D eigenvalue weighted by atomic mass is 35.5. The Hall–Kier alpha value is -0.640. The highest BCUT2D eigenvalue weighted by molar-refractivity contribution is 6.31. The summed E-state index contributed by atoms with van der Waals surface area (Å²) >= 11 is 6.05. The first-order valence-corrected chi connectivity index (χ1v) is 6.48. The average Bonchev–Trinajstić information content (AvgIpc) is 2.83. The number of hydrogen-bond acceptors (Lipinski definition) is 2. The Bertz CT molecular complexity index is 392. The molecule has 3 rings (SSSR count). The van der Waals surface area contributed by atoms with E-state index in [2.05, 4.69) is 10.2 Å². The number of rotatable bonds is 2. The van der Waals surface area contributed by atoms with Crippen LogP contribution >= 0.6 is 11.6 Å². The van der Waals surface area contributed by atoms with E-state index in [9.17, 15) is 4.39 Å². The van der Waals surface area contributed by atoms with Crippen LogP contribution in [-0.2, 0) is 6.54 Å². The molecular weight excluding hydrogens is 239 g/mol. The molecule has 2 nitrogen and oxygen atoms in total. The van der Waals surface area contributed by atoms with Crippen LogP contribution < -0.4 is 5.32 Å². The summed E-state index contributed by atoms with van der Waals surface area (Å²) in [6.45, 7) is 4.96. The number of likely N-dealkylation sites (tertiary alicyclic amines) is 1. The fourth-order valence-electron chi connectivity index (χ4n) is 2.99. The topological polar surface area (TPSA) is 15.3 Å². The monoisotopic (exact) mass is 254 g/mol. The van der Waals surface area contributed by atoms with Crippen molar-refractivity contribution in [2.24, 2.45) is 11.8 Å². The second kappa shape index (κ2) is 4.56. The molecule has 2 aliphatic heterocycles. The molecular formula is C13H16ClFN2. The smallest absolute Gasteiger partial charge is 0.129 e. The third-order valence-electron chi connectivity index (χ3n) is 3.91. The SMILES string of the molecule is Fc1cccc(Cl)c1CN1C[C@H]2CNC[C@H]2C1. The molecule has 17 heavy (non-hydrogen) atoms. The van der Waals surface area contributed by atoms with Gasteiger partial charge in [0.25, 0.3) is 0 Å². The second-order valence-electron chi connectivity index (χ2n) is 5.07. The third kappa shape index (κ3) is 2.19. The molecule has 2 heterocycles. The highest BCUT2D eigenvalue weighted by Gasteiger charge is 2.36. The molecule has 4 heteroatoms. The van der Waals surface area contributed by atoms with Crippen LogP contribution in [-0.4, -0.2) is 31.1 Å². The van der Waals surface area contributed by atoms with E-state index in [1.54, 1.807) is 12.1 Å². The van der Waals surface area contributed by atoms with Crippen LogP contribution in [0.5, 0.6) is 0 Å². The summed E-state index contributed by atoms with van der Waals surface area (Å²) in [7, 11) is 0. The standard InChI is InChI=1S/C13H16ClFN2/c14-12-2-1-3-13(15)11(12)8-17-6-9-4-16-5-10(9)7-17/h1-3,9-10,16H,4-8H2/t9-,10+. The molecule has 2 fully saturated rings. The van der Waals surface area contributed by atoms with Crippen LogP contribution in [0.1, 0.15) is 5.56 Å². The van der Waals surface area contributed by atoms with Crippen molar-refractivity contribution in [3.05, 3.63) is 34.6 Å². The van der Waals surface area contributed by atoms with Crippen molar-refractivity contribution in [1.82, 2.24) is 10.2 Å². The molecule has 1 aromatic rings. The van der Waals surface area contributed by atoms with Crippen LogP contribution in [0.3, 0.4) is 0 Å². The lowest BCUT2D eigenvalue weighted by atomic mass is 10.0. The minimum atomic E-state index is -0.187. The number of nitrogens with zero attached hydrogens (tertiary/aromatic N) is 1. The van der Waals surface area contributed by atoms with Crippen LogP contribution in [0.4, 0.5) is 4.39 Å². The Morgan fingerprint density at radius 3 is 2.65 bits per heavy atom. The fraction of sp³-hybridized carbons (Fsp3) is 0.538. The fourth-order valence-corrected chi connectivity index (χ4v) is 3.21. The lowest BCUT2D eigenvalue weighted by Gasteiger charge is -2.18. The highest BCUT2D eigenvalue weighted by Crippen LogP contribution is 2.29. The van der Waals surface area contributed by atoms with Gasteiger partial charge < -0.3 is 5.32 Å². The van der Waals surface area contributed by atoms with Gasteiger partial charge in [0.05, 0.1) is 0 Å². The van der Waals surface area contributed by atoms with Gasteiger partial charge in [-0.25, -0.2) is 4.39 Å². The molecule has 0 aliphatic carbocycles. The molecule has 2 aliphatic rings. The van der Waals surface area contributed by atoms with Gasteiger partial charge in [0.1, 0.15) is 5.82 Å². The maximum Gasteiger partial charge on any atom is 0.129 e. The van der Waals surface area contributed by atoms with Gasteiger partial charge in [0, 0.05) is 30.2 Å². The molecule has 0 amide bonds. The Morgan fingerprint density at radius 2 is 2.00 bits per heavy atom. The van der Waals surface area contributed by atoms with Gasteiger partial charge in [-0.3, -0.25) is 4.90 Å². The van der Waals surface area contributed by atoms with Gasteiger partial charge in [0.2, 0.25) is 0 Å². The van der Waals surface area contributed by atoms with Crippen molar-refractivity contribution >= 4 is 11.6 Å². The molecule has 92 valence electrons. The predicted octanol–water partition coefficient (Wildman–Crippen LogP) is 2.13. The van der Waals surface area contributed by atoms with E-state index in [1.807, 2.05) is 0 Å². The van der Waals surface area contributed by atoms with Gasteiger partial charge in [-0.15, -0.1) is 0 Å². The van der Waals surface area contributed by atoms with E-state index in [1.165, 1.54) is 6.07 Å². The predicted molar refractivity (Wildman–Crippen MR) is 66.5 cm³/mol. The molecule has 2 saturated heterocycles. The third-order valence-corrected chi connectivity index (χ3v) is 4.26. The zero-order valence-corrected chi connectivity index (χ0v) is 10.4. The maximum absolute atomic E-state index is 13.7. The zero-order valence-electron chi connectivity index (χ0n) is 9.63. The molecule has 2 atom stereocenters. The van der Waals surface area contributed by atoms with Crippen LogP contribution in [0.2, 0.25) is 5.02 Å². The minimum Gasteiger partial charge on any atom is -0.316 e. The molecule has 1 N–H and O–H groups in total. The molecule has 0 unspecified atom stereocenters.